The van der Waals surface area contributed by atoms with Gasteiger partial charge in [-0.3, -0.25) is 0 Å². The quantitative estimate of drug-likeness (QED) is 0.832. The summed E-state index contributed by atoms with van der Waals surface area (Å²) in [5.41, 5.74) is 0.233. The first-order valence-electron chi connectivity index (χ1n) is 7.16. The number of piperidine rings is 1. The molecule has 1 aromatic rings. The van der Waals surface area contributed by atoms with E-state index in [1.807, 2.05) is 6.92 Å². The molecule has 116 valence electrons. The van der Waals surface area contributed by atoms with Gasteiger partial charge in [0.2, 0.25) is 0 Å². The van der Waals surface area contributed by atoms with E-state index >= 15 is 0 Å². The van der Waals surface area contributed by atoms with E-state index in [9.17, 15) is 13.2 Å². The Morgan fingerprint density at radius 3 is 2.10 bits per heavy atom. The number of nitrogens with zero attached hydrogens (tertiary/aromatic N) is 1. The second kappa shape index (κ2) is 5.50. The Bertz CT molecular complexity index is 475. The van der Waals surface area contributed by atoms with Crippen LogP contribution >= 0.6 is 0 Å². The highest BCUT2D eigenvalue weighted by Crippen LogP contribution is 2.34. The van der Waals surface area contributed by atoms with Crippen molar-refractivity contribution in [1.29, 1.82) is 0 Å². The zero-order valence-electron chi connectivity index (χ0n) is 11.8. The molecule has 2 fully saturated rings. The molecule has 0 bridgehead atoms. The predicted molar refractivity (Wildman–Crippen MR) is 71.8 cm³/mol. The molecule has 0 N–H and O–H groups in total. The summed E-state index contributed by atoms with van der Waals surface area (Å²) in [5.74, 6) is 0.381. The minimum Gasteiger partial charge on any atom is -0.372 e. The Balaban J connectivity index is 1.57. The van der Waals surface area contributed by atoms with Crippen molar-refractivity contribution in [2.75, 3.05) is 18.0 Å². The maximum atomic E-state index is 12.5. The lowest BCUT2D eigenvalue weighted by atomic mass is 9.95. The van der Waals surface area contributed by atoms with E-state index < -0.39 is 11.7 Å². The number of hydrogen-bond donors (Lipinski definition) is 0. The monoisotopic (exact) mass is 301 g/mol. The summed E-state index contributed by atoms with van der Waals surface area (Å²) in [5, 5.41) is 0. The molecule has 2 aliphatic heterocycles. The van der Waals surface area contributed by atoms with Gasteiger partial charge in [-0.15, -0.1) is 0 Å². The topological polar surface area (TPSA) is 21.7 Å². The van der Waals surface area contributed by atoms with Crippen molar-refractivity contribution in [2.24, 2.45) is 5.92 Å². The Morgan fingerprint density at radius 1 is 1.05 bits per heavy atom. The van der Waals surface area contributed by atoms with Crippen LogP contribution < -0.4 is 4.90 Å². The Kier molecular flexibility index (Phi) is 3.84. The molecule has 0 atom stereocenters. The number of alkyl halides is 3. The second-order valence-corrected chi connectivity index (χ2v) is 5.58. The highest BCUT2D eigenvalue weighted by Gasteiger charge is 2.36. The van der Waals surface area contributed by atoms with E-state index in [1.54, 1.807) is 12.1 Å². The van der Waals surface area contributed by atoms with Gasteiger partial charge in [0.1, 0.15) is 0 Å². The summed E-state index contributed by atoms with van der Waals surface area (Å²) >= 11 is 0. The van der Waals surface area contributed by atoms with Crippen molar-refractivity contribution in [2.45, 2.75) is 38.5 Å². The third-order valence-corrected chi connectivity index (χ3v) is 4.14. The van der Waals surface area contributed by atoms with Crippen LogP contribution in [0.5, 0.6) is 0 Å². The first kappa shape index (κ1) is 14.7. The van der Waals surface area contributed by atoms with Crippen LogP contribution in [0, 0.1) is 5.92 Å². The molecule has 21 heavy (non-hydrogen) atoms. The molecule has 1 aromatic carbocycles. The number of hydrogen-bond acceptors (Lipinski definition) is 3. The molecule has 2 saturated heterocycles. The average molecular weight is 301 g/mol. The highest BCUT2D eigenvalue weighted by molar-refractivity contribution is 5.48. The van der Waals surface area contributed by atoms with Crippen molar-refractivity contribution in [3.63, 3.8) is 0 Å². The molecule has 2 aliphatic rings. The molecular weight excluding hydrogens is 283 g/mol. The van der Waals surface area contributed by atoms with Gasteiger partial charge >= 0.3 is 6.18 Å². The molecule has 3 rings (SSSR count). The maximum Gasteiger partial charge on any atom is 0.416 e. The molecule has 3 nitrogen and oxygen atoms in total. The van der Waals surface area contributed by atoms with Crippen molar-refractivity contribution in [3.05, 3.63) is 29.8 Å². The van der Waals surface area contributed by atoms with Crippen LogP contribution in [0.3, 0.4) is 0 Å². The lowest BCUT2D eigenvalue weighted by Crippen LogP contribution is -2.48. The minimum absolute atomic E-state index is 0.102. The van der Waals surface area contributed by atoms with Gasteiger partial charge in [0.05, 0.1) is 5.56 Å². The first-order valence-corrected chi connectivity index (χ1v) is 7.16. The standard InChI is InChI=1S/C15H18F3NO2/c1-10-20-14(21-10)11-6-8-19(9-7-11)13-4-2-12(3-5-13)15(16,17)18/h2-5,10-11,14H,6-9H2,1H3. The summed E-state index contributed by atoms with van der Waals surface area (Å²) < 4.78 is 48.6. The van der Waals surface area contributed by atoms with Crippen molar-refractivity contribution < 1.29 is 22.6 Å². The molecule has 0 spiro atoms. The van der Waals surface area contributed by atoms with Gasteiger partial charge in [-0.2, -0.15) is 13.2 Å². The zero-order valence-corrected chi connectivity index (χ0v) is 11.8. The van der Waals surface area contributed by atoms with Crippen LogP contribution in [0.2, 0.25) is 0 Å². The number of anilines is 1. The fourth-order valence-corrected chi connectivity index (χ4v) is 2.90. The van der Waals surface area contributed by atoms with Crippen LogP contribution in [0.15, 0.2) is 24.3 Å². The van der Waals surface area contributed by atoms with Crippen molar-refractivity contribution >= 4 is 5.69 Å². The maximum absolute atomic E-state index is 12.5. The van der Waals surface area contributed by atoms with E-state index in [-0.39, 0.29) is 12.6 Å². The SMILES string of the molecule is CC1OC(C2CCN(c3ccc(C(F)(F)F)cc3)CC2)O1. The third kappa shape index (κ3) is 3.16. The molecule has 0 unspecified atom stereocenters. The van der Waals surface area contributed by atoms with Gasteiger partial charge in [-0.1, -0.05) is 0 Å². The second-order valence-electron chi connectivity index (χ2n) is 5.58. The molecule has 0 radical (unpaired) electrons. The van der Waals surface area contributed by atoms with Gasteiger partial charge < -0.3 is 14.4 Å². The molecule has 6 heteroatoms. The molecule has 0 saturated carbocycles. The first-order chi connectivity index (χ1) is 9.93. The number of rotatable bonds is 2. The van der Waals surface area contributed by atoms with Crippen molar-refractivity contribution in [1.82, 2.24) is 0 Å². The summed E-state index contributed by atoms with van der Waals surface area (Å²) in [6.07, 6.45) is -2.63. The molecule has 0 amide bonds. The normalized spacial score (nSPS) is 27.5. The van der Waals surface area contributed by atoms with Gasteiger partial charge in [-0.05, 0) is 44.0 Å². The zero-order chi connectivity index (χ0) is 15.0. The van der Waals surface area contributed by atoms with Crippen LogP contribution in [0.1, 0.15) is 25.3 Å². The average Bonchev–Trinajstić information content (AvgIpc) is 2.43. The number of benzene rings is 1. The van der Waals surface area contributed by atoms with Crippen LogP contribution in [-0.2, 0) is 15.7 Å². The van der Waals surface area contributed by atoms with E-state index in [0.29, 0.717) is 5.92 Å². The smallest absolute Gasteiger partial charge is 0.372 e. The van der Waals surface area contributed by atoms with E-state index in [4.69, 9.17) is 9.47 Å². The van der Waals surface area contributed by atoms with Gasteiger partial charge in [0.15, 0.2) is 12.6 Å². The lowest BCUT2D eigenvalue weighted by molar-refractivity contribution is -0.393. The molecule has 0 aliphatic carbocycles. The third-order valence-electron chi connectivity index (χ3n) is 4.14. The number of halogens is 3. The minimum atomic E-state index is -4.28. The van der Waals surface area contributed by atoms with Crippen LogP contribution in [-0.4, -0.2) is 25.7 Å². The molecule has 2 heterocycles. The van der Waals surface area contributed by atoms with Crippen molar-refractivity contribution in [3.8, 4) is 0 Å². The van der Waals surface area contributed by atoms with Crippen LogP contribution in [0.25, 0.3) is 0 Å². The van der Waals surface area contributed by atoms with Crippen LogP contribution in [0.4, 0.5) is 18.9 Å². The fraction of sp³-hybridized carbons (Fsp3) is 0.600. The summed E-state index contributed by atoms with van der Waals surface area (Å²) in [6, 6.07) is 5.37. The molecular formula is C15H18F3NO2. The van der Waals surface area contributed by atoms with E-state index in [2.05, 4.69) is 4.90 Å². The largest absolute Gasteiger partial charge is 0.416 e. The molecule has 0 aromatic heterocycles. The predicted octanol–water partition coefficient (Wildman–Crippen LogP) is 3.64. The summed E-state index contributed by atoms with van der Waals surface area (Å²) in [6.45, 7) is 3.50. The van der Waals surface area contributed by atoms with Gasteiger partial charge in [0, 0.05) is 24.7 Å². The Morgan fingerprint density at radius 2 is 1.62 bits per heavy atom. The Hall–Kier alpha value is -1.27. The highest BCUT2D eigenvalue weighted by atomic mass is 19.4. The lowest BCUT2D eigenvalue weighted by Gasteiger charge is -2.43. The number of ether oxygens (including phenoxy) is 2. The summed E-state index contributed by atoms with van der Waals surface area (Å²) in [4.78, 5) is 2.11. The van der Waals surface area contributed by atoms with E-state index in [1.165, 1.54) is 0 Å². The fourth-order valence-electron chi connectivity index (χ4n) is 2.90. The van der Waals surface area contributed by atoms with Gasteiger partial charge in [-0.25, -0.2) is 0 Å². The van der Waals surface area contributed by atoms with E-state index in [0.717, 1.165) is 43.8 Å². The summed E-state index contributed by atoms with van der Waals surface area (Å²) in [7, 11) is 0. The Labute approximate surface area is 121 Å². The van der Waals surface area contributed by atoms with Gasteiger partial charge in [0.25, 0.3) is 0 Å².